The van der Waals surface area contributed by atoms with Gasteiger partial charge in [-0.2, -0.15) is 0 Å². The summed E-state index contributed by atoms with van der Waals surface area (Å²) in [5.41, 5.74) is 3.42. The van der Waals surface area contributed by atoms with Gasteiger partial charge in [-0.05, 0) is 44.9 Å². The van der Waals surface area contributed by atoms with Crippen LogP contribution in [0.4, 0.5) is 0 Å². The fourth-order valence-corrected chi connectivity index (χ4v) is 4.03. The Hall–Kier alpha value is -2.41. The van der Waals surface area contributed by atoms with Crippen LogP contribution in [0.3, 0.4) is 0 Å². The van der Waals surface area contributed by atoms with Crippen LogP contribution in [0.5, 0.6) is 0 Å². The number of rotatable bonds is 7. The lowest BCUT2D eigenvalue weighted by molar-refractivity contribution is -0.160. The molecule has 1 aromatic heterocycles. The van der Waals surface area contributed by atoms with Crippen LogP contribution in [0.2, 0.25) is 0 Å². The van der Waals surface area contributed by atoms with E-state index in [2.05, 4.69) is 9.97 Å². The van der Waals surface area contributed by atoms with Gasteiger partial charge in [0.2, 0.25) is 6.10 Å². The highest BCUT2D eigenvalue weighted by Gasteiger charge is 2.30. The number of carbonyl (C=O) groups excluding carboxylic acids is 2. The van der Waals surface area contributed by atoms with Crippen molar-refractivity contribution in [2.75, 3.05) is 19.3 Å². The molecular weight excluding hydrogens is 386 g/mol. The fraction of sp³-hybridized carbons (Fsp3) is 0.455. The standard InChI is InChI=1S/C22H27N3O3S/c1-15-18(16(2)24-22(23-15)29-3)11-12-19(26)28-20(17-9-5-4-6-10-17)21(27)25-13-7-8-14-25/h4-6,9-10,20H,7-8,11-14H2,1-3H3/t20-/m1/s1. The number of thioether (sulfide) groups is 1. The van der Waals surface area contributed by atoms with Crippen LogP contribution in [0.1, 0.15) is 47.9 Å². The highest BCUT2D eigenvalue weighted by molar-refractivity contribution is 7.98. The first-order chi connectivity index (χ1) is 14.0. The Morgan fingerprint density at radius 1 is 1.10 bits per heavy atom. The van der Waals surface area contributed by atoms with Crippen molar-refractivity contribution < 1.29 is 14.3 Å². The molecule has 2 heterocycles. The van der Waals surface area contributed by atoms with Gasteiger partial charge in [0.15, 0.2) is 5.16 Å². The predicted molar refractivity (Wildman–Crippen MR) is 113 cm³/mol. The first kappa shape index (κ1) is 21.3. The molecule has 1 atom stereocenters. The van der Waals surface area contributed by atoms with Crippen molar-refractivity contribution in [1.82, 2.24) is 14.9 Å². The second-order valence-corrected chi connectivity index (χ2v) is 7.95. The average Bonchev–Trinajstić information content (AvgIpc) is 3.26. The molecule has 1 amide bonds. The van der Waals surface area contributed by atoms with Crippen LogP contribution in [-0.2, 0) is 20.7 Å². The number of hydrogen-bond acceptors (Lipinski definition) is 6. The van der Waals surface area contributed by atoms with Crippen LogP contribution >= 0.6 is 11.8 Å². The summed E-state index contributed by atoms with van der Waals surface area (Å²) in [6.45, 7) is 5.30. The molecule has 1 aromatic carbocycles. The quantitative estimate of drug-likeness (QED) is 0.392. The Labute approximate surface area is 176 Å². The van der Waals surface area contributed by atoms with Gasteiger partial charge >= 0.3 is 5.97 Å². The molecule has 0 spiro atoms. The van der Waals surface area contributed by atoms with Gasteiger partial charge in [0.1, 0.15) is 0 Å². The number of aryl methyl sites for hydroxylation is 2. The van der Waals surface area contributed by atoms with Crippen LogP contribution in [0, 0.1) is 13.8 Å². The number of likely N-dealkylation sites (tertiary alicyclic amines) is 1. The molecule has 29 heavy (non-hydrogen) atoms. The van der Waals surface area contributed by atoms with E-state index >= 15 is 0 Å². The number of benzene rings is 1. The molecule has 154 valence electrons. The van der Waals surface area contributed by atoms with Crippen molar-refractivity contribution in [3.63, 3.8) is 0 Å². The molecule has 1 aliphatic heterocycles. The number of amides is 1. The van der Waals surface area contributed by atoms with Crippen molar-refractivity contribution in [3.8, 4) is 0 Å². The molecule has 0 radical (unpaired) electrons. The third kappa shape index (κ3) is 5.35. The smallest absolute Gasteiger partial charge is 0.307 e. The van der Waals surface area contributed by atoms with Crippen molar-refractivity contribution in [2.24, 2.45) is 0 Å². The van der Waals surface area contributed by atoms with Gasteiger partial charge in [0.25, 0.3) is 5.91 Å². The summed E-state index contributed by atoms with van der Waals surface area (Å²) in [4.78, 5) is 36.3. The fourth-order valence-electron chi connectivity index (χ4n) is 3.57. The van der Waals surface area contributed by atoms with E-state index in [0.29, 0.717) is 12.0 Å². The minimum Gasteiger partial charge on any atom is -0.447 e. The van der Waals surface area contributed by atoms with Crippen LogP contribution in [0.15, 0.2) is 35.5 Å². The van der Waals surface area contributed by atoms with Gasteiger partial charge < -0.3 is 9.64 Å². The SMILES string of the molecule is CSc1nc(C)c(CCC(=O)O[C@@H](C(=O)N2CCCC2)c2ccccc2)c(C)n1. The van der Waals surface area contributed by atoms with Gasteiger partial charge in [-0.3, -0.25) is 9.59 Å². The highest BCUT2D eigenvalue weighted by atomic mass is 32.2. The maximum absolute atomic E-state index is 13.0. The number of ether oxygens (including phenoxy) is 1. The number of aromatic nitrogens is 2. The number of nitrogens with zero attached hydrogens (tertiary/aromatic N) is 3. The lowest BCUT2D eigenvalue weighted by Gasteiger charge is -2.23. The Bertz CT molecular complexity index is 844. The lowest BCUT2D eigenvalue weighted by atomic mass is 10.1. The Kier molecular flexibility index (Phi) is 7.25. The van der Waals surface area contributed by atoms with E-state index in [-0.39, 0.29) is 18.3 Å². The minimum absolute atomic E-state index is 0.137. The van der Waals surface area contributed by atoms with Crippen molar-refractivity contribution in [1.29, 1.82) is 0 Å². The number of esters is 1. The van der Waals surface area contributed by atoms with E-state index in [9.17, 15) is 9.59 Å². The molecule has 1 aliphatic rings. The Morgan fingerprint density at radius 2 is 1.72 bits per heavy atom. The van der Waals surface area contributed by atoms with E-state index in [1.165, 1.54) is 11.8 Å². The number of hydrogen-bond donors (Lipinski definition) is 0. The summed E-state index contributed by atoms with van der Waals surface area (Å²) < 4.78 is 5.68. The largest absolute Gasteiger partial charge is 0.447 e. The highest BCUT2D eigenvalue weighted by Crippen LogP contribution is 2.24. The zero-order valence-electron chi connectivity index (χ0n) is 17.2. The van der Waals surface area contributed by atoms with E-state index in [4.69, 9.17) is 4.74 Å². The number of carbonyl (C=O) groups is 2. The van der Waals surface area contributed by atoms with E-state index in [1.807, 2.05) is 50.4 Å². The zero-order valence-corrected chi connectivity index (χ0v) is 18.0. The summed E-state index contributed by atoms with van der Waals surface area (Å²) in [6, 6.07) is 9.24. The normalized spacial score (nSPS) is 14.7. The lowest BCUT2D eigenvalue weighted by Crippen LogP contribution is -2.34. The molecule has 6 nitrogen and oxygen atoms in total. The van der Waals surface area contributed by atoms with Crippen LogP contribution in [0.25, 0.3) is 0 Å². The predicted octanol–water partition coefficient (Wildman–Crippen LogP) is 3.65. The summed E-state index contributed by atoms with van der Waals surface area (Å²) in [6.07, 6.45) is 3.70. The molecule has 0 saturated carbocycles. The van der Waals surface area contributed by atoms with Crippen molar-refractivity contribution in [3.05, 3.63) is 52.8 Å². The van der Waals surface area contributed by atoms with Gasteiger partial charge in [0, 0.05) is 36.5 Å². The summed E-state index contributed by atoms with van der Waals surface area (Å²) in [5, 5.41) is 0.728. The molecule has 0 N–H and O–H groups in total. The maximum atomic E-state index is 13.0. The topological polar surface area (TPSA) is 72.4 Å². The van der Waals surface area contributed by atoms with Crippen molar-refractivity contribution >= 4 is 23.6 Å². The first-order valence-electron chi connectivity index (χ1n) is 9.91. The van der Waals surface area contributed by atoms with Crippen LogP contribution in [-0.4, -0.2) is 46.1 Å². The maximum Gasteiger partial charge on any atom is 0.307 e. The van der Waals surface area contributed by atoms with Gasteiger partial charge in [0.05, 0.1) is 0 Å². The summed E-state index contributed by atoms with van der Waals surface area (Å²) >= 11 is 1.50. The monoisotopic (exact) mass is 413 g/mol. The van der Waals surface area contributed by atoms with Gasteiger partial charge in [-0.1, -0.05) is 42.1 Å². The minimum atomic E-state index is -0.890. The zero-order chi connectivity index (χ0) is 20.8. The van der Waals surface area contributed by atoms with Crippen LogP contribution < -0.4 is 0 Å². The molecule has 3 rings (SSSR count). The summed E-state index contributed by atoms with van der Waals surface area (Å²) in [7, 11) is 0. The molecule has 1 fully saturated rings. The van der Waals surface area contributed by atoms with Gasteiger partial charge in [-0.25, -0.2) is 9.97 Å². The molecule has 0 unspecified atom stereocenters. The first-order valence-corrected chi connectivity index (χ1v) is 11.1. The molecular formula is C22H27N3O3S. The second kappa shape index (κ2) is 9.87. The van der Waals surface area contributed by atoms with Gasteiger partial charge in [-0.15, -0.1) is 0 Å². The molecule has 1 saturated heterocycles. The molecule has 2 aromatic rings. The Balaban J connectivity index is 1.69. The third-order valence-electron chi connectivity index (χ3n) is 5.16. The Morgan fingerprint density at radius 3 is 2.31 bits per heavy atom. The second-order valence-electron chi connectivity index (χ2n) is 7.17. The summed E-state index contributed by atoms with van der Waals surface area (Å²) in [5.74, 6) is -0.527. The molecule has 0 bridgehead atoms. The molecule has 0 aliphatic carbocycles. The van der Waals surface area contributed by atoms with E-state index in [1.54, 1.807) is 4.90 Å². The third-order valence-corrected chi connectivity index (χ3v) is 5.70. The van der Waals surface area contributed by atoms with E-state index < -0.39 is 6.10 Å². The average molecular weight is 414 g/mol. The van der Waals surface area contributed by atoms with E-state index in [0.717, 1.165) is 48.0 Å². The van der Waals surface area contributed by atoms with Crippen molar-refractivity contribution in [2.45, 2.75) is 50.8 Å². The molecule has 7 heteroatoms.